The van der Waals surface area contributed by atoms with Gasteiger partial charge in [0.2, 0.25) is 10.0 Å². The Bertz CT molecular complexity index is 504. The van der Waals surface area contributed by atoms with E-state index in [0.717, 1.165) is 12.8 Å². The number of piperidine rings is 1. The minimum absolute atomic E-state index is 0.0716. The van der Waals surface area contributed by atoms with Gasteiger partial charge in [-0.05, 0) is 31.0 Å². The highest BCUT2D eigenvalue weighted by molar-refractivity contribution is 7.89. The van der Waals surface area contributed by atoms with Crippen molar-refractivity contribution in [1.82, 2.24) is 4.31 Å². The van der Waals surface area contributed by atoms with E-state index in [0.29, 0.717) is 18.1 Å². The standard InChI is InChI=1S/C11H15ClN2O2S/c12-9-3-1-5-11(7-9)17(15,16)14-6-2-4-10(13)8-14/h1,3,5,7,10H,2,4,6,8,13H2/t10-/m1/s1. The zero-order valence-electron chi connectivity index (χ0n) is 9.34. The third kappa shape index (κ3) is 2.80. The van der Waals surface area contributed by atoms with Crippen molar-refractivity contribution in [3.63, 3.8) is 0 Å². The molecule has 0 bridgehead atoms. The van der Waals surface area contributed by atoms with E-state index in [1.54, 1.807) is 18.2 Å². The van der Waals surface area contributed by atoms with Gasteiger partial charge in [-0.2, -0.15) is 4.31 Å². The Labute approximate surface area is 106 Å². The number of halogens is 1. The van der Waals surface area contributed by atoms with Crippen LogP contribution in [0.4, 0.5) is 0 Å². The SMILES string of the molecule is N[C@@H]1CCCN(S(=O)(=O)c2cccc(Cl)c2)C1. The second kappa shape index (κ2) is 4.94. The molecule has 0 radical (unpaired) electrons. The third-order valence-electron chi connectivity index (χ3n) is 2.85. The van der Waals surface area contributed by atoms with Gasteiger partial charge in [0.25, 0.3) is 0 Å². The first-order valence-electron chi connectivity index (χ1n) is 5.51. The van der Waals surface area contributed by atoms with Crippen LogP contribution in [0.2, 0.25) is 5.02 Å². The summed E-state index contributed by atoms with van der Waals surface area (Å²) >= 11 is 5.81. The summed E-state index contributed by atoms with van der Waals surface area (Å²) < 4.78 is 26.0. The van der Waals surface area contributed by atoms with Gasteiger partial charge in [-0.1, -0.05) is 17.7 Å². The van der Waals surface area contributed by atoms with Crippen LogP contribution in [0.15, 0.2) is 29.2 Å². The first-order chi connectivity index (χ1) is 8.00. The largest absolute Gasteiger partial charge is 0.327 e. The molecule has 0 spiro atoms. The molecule has 1 aromatic carbocycles. The van der Waals surface area contributed by atoms with E-state index in [1.165, 1.54) is 10.4 Å². The molecular formula is C11H15ClN2O2S. The third-order valence-corrected chi connectivity index (χ3v) is 4.95. The quantitative estimate of drug-likeness (QED) is 0.888. The maximum atomic E-state index is 12.3. The Morgan fingerprint density at radius 3 is 2.82 bits per heavy atom. The van der Waals surface area contributed by atoms with Gasteiger partial charge in [0.05, 0.1) is 4.90 Å². The number of hydrogen-bond acceptors (Lipinski definition) is 3. The maximum Gasteiger partial charge on any atom is 0.243 e. The molecule has 1 aromatic rings. The minimum atomic E-state index is -3.45. The molecule has 6 heteroatoms. The predicted molar refractivity (Wildman–Crippen MR) is 67.4 cm³/mol. The fraction of sp³-hybridized carbons (Fsp3) is 0.455. The summed E-state index contributed by atoms with van der Waals surface area (Å²) in [4.78, 5) is 0.235. The molecule has 1 saturated heterocycles. The van der Waals surface area contributed by atoms with E-state index < -0.39 is 10.0 Å². The van der Waals surface area contributed by atoms with E-state index >= 15 is 0 Å². The molecule has 0 aliphatic carbocycles. The monoisotopic (exact) mass is 274 g/mol. The van der Waals surface area contributed by atoms with Crippen molar-refractivity contribution in [2.75, 3.05) is 13.1 Å². The molecule has 17 heavy (non-hydrogen) atoms. The van der Waals surface area contributed by atoms with Crippen molar-refractivity contribution in [1.29, 1.82) is 0 Å². The Morgan fingerprint density at radius 1 is 1.41 bits per heavy atom. The molecule has 0 aromatic heterocycles. The molecule has 1 atom stereocenters. The van der Waals surface area contributed by atoms with Gasteiger partial charge in [0.1, 0.15) is 0 Å². The summed E-state index contributed by atoms with van der Waals surface area (Å²) in [7, 11) is -3.45. The normalized spacial score (nSPS) is 22.6. The van der Waals surface area contributed by atoms with Gasteiger partial charge in [-0.25, -0.2) is 8.42 Å². The molecule has 1 heterocycles. The summed E-state index contributed by atoms with van der Waals surface area (Å²) in [6.07, 6.45) is 1.68. The van der Waals surface area contributed by atoms with Crippen LogP contribution < -0.4 is 5.73 Å². The van der Waals surface area contributed by atoms with Gasteiger partial charge in [-0.3, -0.25) is 0 Å². The lowest BCUT2D eigenvalue weighted by atomic mass is 10.1. The van der Waals surface area contributed by atoms with Gasteiger partial charge < -0.3 is 5.73 Å². The van der Waals surface area contributed by atoms with Crippen LogP contribution >= 0.6 is 11.6 Å². The number of hydrogen-bond donors (Lipinski definition) is 1. The lowest BCUT2D eigenvalue weighted by molar-refractivity contribution is 0.316. The van der Waals surface area contributed by atoms with Crippen LogP contribution in [0.5, 0.6) is 0 Å². The fourth-order valence-corrected chi connectivity index (χ4v) is 3.81. The van der Waals surface area contributed by atoms with Crippen molar-refractivity contribution in [3.8, 4) is 0 Å². The minimum Gasteiger partial charge on any atom is -0.327 e. The zero-order valence-corrected chi connectivity index (χ0v) is 10.9. The molecule has 0 saturated carbocycles. The number of sulfonamides is 1. The van der Waals surface area contributed by atoms with Crippen LogP contribution in [0, 0.1) is 0 Å². The molecule has 1 fully saturated rings. The summed E-state index contributed by atoms with van der Waals surface area (Å²) in [6, 6.07) is 6.25. The van der Waals surface area contributed by atoms with E-state index in [9.17, 15) is 8.42 Å². The Kier molecular flexibility index (Phi) is 3.73. The first kappa shape index (κ1) is 12.8. The summed E-state index contributed by atoms with van der Waals surface area (Å²) in [5.41, 5.74) is 5.80. The molecule has 1 aliphatic rings. The smallest absolute Gasteiger partial charge is 0.243 e. The number of rotatable bonds is 2. The molecule has 2 N–H and O–H groups in total. The number of benzene rings is 1. The Morgan fingerprint density at radius 2 is 2.18 bits per heavy atom. The van der Waals surface area contributed by atoms with Crippen molar-refractivity contribution >= 4 is 21.6 Å². The van der Waals surface area contributed by atoms with Crippen molar-refractivity contribution in [2.45, 2.75) is 23.8 Å². The molecule has 0 unspecified atom stereocenters. The number of nitrogens with two attached hydrogens (primary N) is 1. The van der Waals surface area contributed by atoms with Crippen molar-refractivity contribution in [2.24, 2.45) is 5.73 Å². The highest BCUT2D eigenvalue weighted by Gasteiger charge is 2.28. The van der Waals surface area contributed by atoms with Crippen LogP contribution in [-0.2, 0) is 10.0 Å². The fourth-order valence-electron chi connectivity index (χ4n) is 1.97. The Hall–Kier alpha value is -0.620. The first-order valence-corrected chi connectivity index (χ1v) is 7.33. The van der Waals surface area contributed by atoms with E-state index in [2.05, 4.69) is 0 Å². The van der Waals surface area contributed by atoms with Crippen LogP contribution in [0.25, 0.3) is 0 Å². The van der Waals surface area contributed by atoms with Gasteiger partial charge in [0.15, 0.2) is 0 Å². The lowest BCUT2D eigenvalue weighted by Crippen LogP contribution is -2.45. The molecular weight excluding hydrogens is 260 g/mol. The second-order valence-corrected chi connectivity index (χ2v) is 6.60. The molecule has 1 aliphatic heterocycles. The average molecular weight is 275 g/mol. The molecule has 2 rings (SSSR count). The van der Waals surface area contributed by atoms with Crippen LogP contribution in [0.3, 0.4) is 0 Å². The Balaban J connectivity index is 2.29. The van der Waals surface area contributed by atoms with E-state index in [-0.39, 0.29) is 10.9 Å². The van der Waals surface area contributed by atoms with E-state index in [1.807, 2.05) is 0 Å². The topological polar surface area (TPSA) is 63.4 Å². The van der Waals surface area contributed by atoms with Crippen LogP contribution in [-0.4, -0.2) is 31.9 Å². The molecule has 0 amide bonds. The van der Waals surface area contributed by atoms with E-state index in [4.69, 9.17) is 17.3 Å². The van der Waals surface area contributed by atoms with Crippen molar-refractivity contribution < 1.29 is 8.42 Å². The molecule has 4 nitrogen and oxygen atoms in total. The zero-order chi connectivity index (χ0) is 12.5. The van der Waals surface area contributed by atoms with Gasteiger partial charge in [-0.15, -0.1) is 0 Å². The lowest BCUT2D eigenvalue weighted by Gasteiger charge is -2.29. The molecule has 94 valence electrons. The summed E-state index contributed by atoms with van der Waals surface area (Å²) in [5, 5.41) is 0.424. The highest BCUT2D eigenvalue weighted by Crippen LogP contribution is 2.22. The average Bonchev–Trinajstić information content (AvgIpc) is 2.29. The van der Waals surface area contributed by atoms with Crippen molar-refractivity contribution in [3.05, 3.63) is 29.3 Å². The highest BCUT2D eigenvalue weighted by atomic mass is 35.5. The maximum absolute atomic E-state index is 12.3. The van der Waals surface area contributed by atoms with Gasteiger partial charge in [0, 0.05) is 24.2 Å². The summed E-state index contributed by atoms with van der Waals surface area (Å²) in [6.45, 7) is 0.914. The second-order valence-electron chi connectivity index (χ2n) is 4.22. The van der Waals surface area contributed by atoms with Gasteiger partial charge >= 0.3 is 0 Å². The summed E-state index contributed by atoms with van der Waals surface area (Å²) in [5.74, 6) is 0. The predicted octanol–water partition coefficient (Wildman–Crippen LogP) is 1.45. The number of nitrogens with zero attached hydrogens (tertiary/aromatic N) is 1. The van der Waals surface area contributed by atoms with Crippen LogP contribution in [0.1, 0.15) is 12.8 Å².